The molecule has 0 aliphatic heterocycles. The Kier molecular flexibility index (Phi) is 7.99. The third-order valence-corrected chi connectivity index (χ3v) is 6.39. The summed E-state index contributed by atoms with van der Waals surface area (Å²) < 4.78 is 5.50. The maximum atomic E-state index is 12.7. The molecule has 3 rings (SSSR count). The molecule has 0 saturated carbocycles. The van der Waals surface area contributed by atoms with Crippen LogP contribution in [0.3, 0.4) is 0 Å². The summed E-state index contributed by atoms with van der Waals surface area (Å²) in [5, 5.41) is 23.6. The highest BCUT2D eigenvalue weighted by Gasteiger charge is 2.37. The standard InChI is InChI=1S/C24H28N2O6S/c1-24(14-27,22(29)30)26-21(28)20(11-12-33-2)25-23(31)32-13-19-17-9-5-3-7-15(17)16-8-4-6-10-18(16)19/h3-10,19-20,27H,11-14H2,1-2H3,(H,25,31)(H,26,28)(H,29,30)/t20-,24?/m1/s1. The van der Waals surface area contributed by atoms with Gasteiger partial charge in [0.25, 0.3) is 0 Å². The molecule has 0 radical (unpaired) electrons. The molecule has 4 N–H and O–H groups in total. The molecule has 2 aromatic carbocycles. The van der Waals surface area contributed by atoms with E-state index in [1.165, 1.54) is 18.7 Å². The summed E-state index contributed by atoms with van der Waals surface area (Å²) in [5.41, 5.74) is 2.51. The molecule has 176 valence electrons. The first-order chi connectivity index (χ1) is 15.8. The second-order valence-electron chi connectivity index (χ2n) is 8.09. The fraction of sp³-hybridized carbons (Fsp3) is 0.375. The molecule has 2 atom stereocenters. The number of aliphatic hydroxyl groups is 1. The van der Waals surface area contributed by atoms with Gasteiger partial charge >= 0.3 is 12.1 Å². The number of rotatable bonds is 10. The first kappa shape index (κ1) is 24.6. The molecule has 33 heavy (non-hydrogen) atoms. The Morgan fingerprint density at radius 1 is 1.09 bits per heavy atom. The molecule has 0 aromatic heterocycles. The van der Waals surface area contributed by atoms with Crippen molar-refractivity contribution in [2.24, 2.45) is 0 Å². The average Bonchev–Trinajstić information content (AvgIpc) is 3.13. The molecule has 0 bridgehead atoms. The summed E-state index contributed by atoms with van der Waals surface area (Å²) in [5.74, 6) is -1.63. The molecule has 1 aliphatic rings. The Balaban J connectivity index is 1.67. The molecule has 0 heterocycles. The molecule has 0 fully saturated rings. The number of amides is 2. The third-order valence-electron chi connectivity index (χ3n) is 5.75. The van der Waals surface area contributed by atoms with Gasteiger partial charge in [-0.25, -0.2) is 9.59 Å². The number of carboxylic acid groups (broad SMARTS) is 1. The molecule has 1 unspecified atom stereocenters. The fourth-order valence-corrected chi connectivity index (χ4v) is 4.28. The van der Waals surface area contributed by atoms with Crippen LogP contribution in [0.15, 0.2) is 48.5 Å². The van der Waals surface area contributed by atoms with Gasteiger partial charge in [-0.15, -0.1) is 0 Å². The van der Waals surface area contributed by atoms with Gasteiger partial charge in [0, 0.05) is 5.92 Å². The van der Waals surface area contributed by atoms with Gasteiger partial charge in [-0.2, -0.15) is 11.8 Å². The monoisotopic (exact) mass is 472 g/mol. The topological polar surface area (TPSA) is 125 Å². The number of thioether (sulfide) groups is 1. The Labute approximate surface area is 196 Å². The van der Waals surface area contributed by atoms with Crippen molar-refractivity contribution in [1.82, 2.24) is 10.6 Å². The van der Waals surface area contributed by atoms with E-state index in [0.717, 1.165) is 22.3 Å². The SMILES string of the molecule is CSCC[C@@H](NC(=O)OCC1c2ccccc2-c2ccccc21)C(=O)NC(C)(CO)C(=O)O. The Morgan fingerprint density at radius 2 is 1.67 bits per heavy atom. The first-order valence-electron chi connectivity index (χ1n) is 10.6. The first-order valence-corrected chi connectivity index (χ1v) is 12.0. The summed E-state index contributed by atoms with van der Waals surface area (Å²) in [6, 6.07) is 14.9. The average molecular weight is 473 g/mol. The lowest BCUT2D eigenvalue weighted by molar-refractivity contribution is -0.149. The van der Waals surface area contributed by atoms with Gasteiger partial charge < -0.3 is 25.6 Å². The highest BCUT2D eigenvalue weighted by molar-refractivity contribution is 7.98. The summed E-state index contributed by atoms with van der Waals surface area (Å²) in [6.45, 7) is 0.515. The second-order valence-corrected chi connectivity index (χ2v) is 9.07. The number of ether oxygens (including phenoxy) is 1. The van der Waals surface area contributed by atoms with Crippen LogP contribution in [0.4, 0.5) is 4.79 Å². The van der Waals surface area contributed by atoms with Gasteiger partial charge in [-0.1, -0.05) is 48.5 Å². The van der Waals surface area contributed by atoms with E-state index in [4.69, 9.17) is 4.74 Å². The minimum absolute atomic E-state index is 0.0974. The molecular formula is C24H28N2O6S. The number of aliphatic carboxylic acids is 1. The Bertz CT molecular complexity index is 984. The van der Waals surface area contributed by atoms with E-state index in [-0.39, 0.29) is 18.9 Å². The zero-order chi connectivity index (χ0) is 24.0. The van der Waals surface area contributed by atoms with Gasteiger partial charge in [-0.05, 0) is 47.6 Å². The number of hydrogen-bond acceptors (Lipinski definition) is 6. The largest absolute Gasteiger partial charge is 0.479 e. The Hall–Kier alpha value is -3.04. The summed E-state index contributed by atoms with van der Waals surface area (Å²) in [7, 11) is 0. The van der Waals surface area contributed by atoms with Gasteiger partial charge in [0.15, 0.2) is 5.54 Å². The number of carboxylic acids is 1. The third kappa shape index (κ3) is 5.48. The molecule has 8 nitrogen and oxygen atoms in total. The smallest absolute Gasteiger partial charge is 0.407 e. The minimum atomic E-state index is -1.85. The van der Waals surface area contributed by atoms with E-state index in [2.05, 4.69) is 10.6 Å². The van der Waals surface area contributed by atoms with Crippen LogP contribution in [0.5, 0.6) is 0 Å². The zero-order valence-electron chi connectivity index (χ0n) is 18.5. The number of carbonyl (C=O) groups excluding carboxylic acids is 2. The normalized spacial score (nSPS) is 15.0. The van der Waals surface area contributed by atoms with Crippen LogP contribution >= 0.6 is 11.8 Å². The van der Waals surface area contributed by atoms with Crippen LogP contribution in [-0.4, -0.2) is 65.0 Å². The molecule has 0 saturated heterocycles. The molecule has 0 spiro atoms. The number of carbonyl (C=O) groups is 3. The molecule has 9 heteroatoms. The highest BCUT2D eigenvalue weighted by Crippen LogP contribution is 2.44. The van der Waals surface area contributed by atoms with Crippen molar-refractivity contribution in [3.05, 3.63) is 59.7 Å². The van der Waals surface area contributed by atoms with Crippen molar-refractivity contribution >= 4 is 29.7 Å². The minimum Gasteiger partial charge on any atom is -0.479 e. The number of fused-ring (bicyclic) bond motifs is 3. The highest BCUT2D eigenvalue weighted by atomic mass is 32.2. The van der Waals surface area contributed by atoms with Crippen LogP contribution in [0.25, 0.3) is 11.1 Å². The lowest BCUT2D eigenvalue weighted by atomic mass is 9.98. The van der Waals surface area contributed by atoms with E-state index in [1.807, 2.05) is 54.8 Å². The van der Waals surface area contributed by atoms with Crippen LogP contribution in [-0.2, 0) is 14.3 Å². The Morgan fingerprint density at radius 3 is 2.18 bits per heavy atom. The van der Waals surface area contributed by atoms with E-state index in [0.29, 0.717) is 5.75 Å². The predicted molar refractivity (Wildman–Crippen MR) is 126 cm³/mol. The van der Waals surface area contributed by atoms with E-state index >= 15 is 0 Å². The zero-order valence-corrected chi connectivity index (χ0v) is 19.4. The van der Waals surface area contributed by atoms with Crippen molar-refractivity contribution in [1.29, 1.82) is 0 Å². The predicted octanol–water partition coefficient (Wildman–Crippen LogP) is 2.60. The fourth-order valence-electron chi connectivity index (χ4n) is 3.81. The van der Waals surface area contributed by atoms with Crippen molar-refractivity contribution in [2.45, 2.75) is 30.8 Å². The molecule has 2 amide bonds. The molecule has 1 aliphatic carbocycles. The van der Waals surface area contributed by atoms with Gasteiger partial charge in [-0.3, -0.25) is 4.79 Å². The van der Waals surface area contributed by atoms with Crippen molar-refractivity contribution in [3.8, 4) is 11.1 Å². The van der Waals surface area contributed by atoms with E-state index in [9.17, 15) is 24.6 Å². The van der Waals surface area contributed by atoms with Crippen LogP contribution in [0, 0.1) is 0 Å². The molecular weight excluding hydrogens is 444 g/mol. The van der Waals surface area contributed by atoms with E-state index < -0.39 is 36.2 Å². The van der Waals surface area contributed by atoms with Gasteiger partial charge in [0.1, 0.15) is 12.6 Å². The maximum Gasteiger partial charge on any atom is 0.407 e. The number of alkyl carbamates (subject to hydrolysis) is 1. The van der Waals surface area contributed by atoms with Crippen LogP contribution < -0.4 is 10.6 Å². The van der Waals surface area contributed by atoms with Crippen LogP contribution in [0.1, 0.15) is 30.4 Å². The number of benzene rings is 2. The van der Waals surface area contributed by atoms with Crippen molar-refractivity contribution in [3.63, 3.8) is 0 Å². The van der Waals surface area contributed by atoms with Gasteiger partial charge in [0.2, 0.25) is 5.91 Å². The summed E-state index contributed by atoms with van der Waals surface area (Å²) >= 11 is 1.48. The number of hydrogen-bond donors (Lipinski definition) is 4. The van der Waals surface area contributed by atoms with Gasteiger partial charge in [0.05, 0.1) is 6.61 Å². The molecule has 2 aromatic rings. The number of aliphatic hydroxyl groups excluding tert-OH is 1. The van der Waals surface area contributed by atoms with E-state index in [1.54, 1.807) is 0 Å². The lowest BCUT2D eigenvalue weighted by Crippen LogP contribution is -2.59. The van der Waals surface area contributed by atoms with Crippen molar-refractivity contribution < 1.29 is 29.3 Å². The number of nitrogens with one attached hydrogen (secondary N) is 2. The van der Waals surface area contributed by atoms with Crippen LogP contribution in [0.2, 0.25) is 0 Å². The van der Waals surface area contributed by atoms with Crippen molar-refractivity contribution in [2.75, 3.05) is 25.2 Å². The second kappa shape index (κ2) is 10.7. The quantitative estimate of drug-likeness (QED) is 0.419. The summed E-state index contributed by atoms with van der Waals surface area (Å²) in [4.78, 5) is 36.7. The lowest BCUT2D eigenvalue weighted by Gasteiger charge is -2.27. The maximum absolute atomic E-state index is 12.7. The summed E-state index contributed by atoms with van der Waals surface area (Å²) in [6.07, 6.45) is 1.37.